The Morgan fingerprint density at radius 3 is 2.29 bits per heavy atom. The van der Waals surface area contributed by atoms with Crippen molar-refractivity contribution >= 4 is 51.6 Å². The summed E-state index contributed by atoms with van der Waals surface area (Å²) in [6.45, 7) is 4.43. The van der Waals surface area contributed by atoms with E-state index >= 15 is 0 Å². The van der Waals surface area contributed by atoms with Gasteiger partial charge in [0.05, 0.1) is 45.7 Å². The standard InChI is InChI=1S/C10H18I2N2/c1-8(2)10(13-11)14(12)9-6-4-3-5-7-9/h8-9H,3-7H2,1-2H3/b13-10-. The molecule has 14 heavy (non-hydrogen) atoms. The van der Waals surface area contributed by atoms with Crippen LogP contribution in [-0.2, 0) is 0 Å². The van der Waals surface area contributed by atoms with Crippen molar-refractivity contribution < 1.29 is 0 Å². The molecule has 0 aromatic heterocycles. The Bertz CT molecular complexity index is 198. The first kappa shape index (κ1) is 13.0. The molecule has 4 heteroatoms. The second-order valence-corrected chi connectivity index (χ2v) is 5.72. The molecule has 1 saturated carbocycles. The predicted octanol–water partition coefficient (Wildman–Crippen LogP) is 4.38. The average Bonchev–Trinajstić information content (AvgIpc) is 2.19. The molecule has 0 atom stereocenters. The summed E-state index contributed by atoms with van der Waals surface area (Å²) in [5, 5.41) is 0. The molecule has 0 aromatic carbocycles. The third kappa shape index (κ3) is 3.50. The molecular formula is C10H18I2N2. The number of halogens is 2. The van der Waals surface area contributed by atoms with Crippen molar-refractivity contribution in [2.75, 3.05) is 0 Å². The van der Waals surface area contributed by atoms with Gasteiger partial charge in [-0.15, -0.1) is 0 Å². The van der Waals surface area contributed by atoms with E-state index in [0.29, 0.717) is 5.92 Å². The Morgan fingerprint density at radius 1 is 1.29 bits per heavy atom. The molecule has 82 valence electrons. The number of hydrogen-bond donors (Lipinski definition) is 0. The monoisotopic (exact) mass is 420 g/mol. The molecule has 0 aliphatic heterocycles. The van der Waals surface area contributed by atoms with Crippen molar-refractivity contribution in [1.82, 2.24) is 3.11 Å². The van der Waals surface area contributed by atoms with Crippen LogP contribution >= 0.6 is 45.7 Å². The number of amidine groups is 1. The van der Waals surface area contributed by atoms with Crippen LogP contribution < -0.4 is 0 Å². The smallest absolute Gasteiger partial charge is 0.122 e. The van der Waals surface area contributed by atoms with E-state index in [1.807, 2.05) is 0 Å². The van der Waals surface area contributed by atoms with Crippen LogP contribution in [0, 0.1) is 5.92 Å². The molecular weight excluding hydrogens is 402 g/mol. The molecule has 0 unspecified atom stereocenters. The number of hydrogen-bond acceptors (Lipinski definition) is 1. The van der Waals surface area contributed by atoms with E-state index in [0.717, 1.165) is 6.04 Å². The minimum Gasteiger partial charge on any atom is -0.299 e. The molecule has 0 heterocycles. The zero-order valence-corrected chi connectivity index (χ0v) is 13.2. The maximum atomic E-state index is 4.37. The molecule has 1 aliphatic carbocycles. The van der Waals surface area contributed by atoms with Gasteiger partial charge in [-0.1, -0.05) is 33.1 Å². The highest BCUT2D eigenvalue weighted by atomic mass is 127. The van der Waals surface area contributed by atoms with Crippen LogP contribution in [0.3, 0.4) is 0 Å². The highest BCUT2D eigenvalue weighted by Gasteiger charge is 2.23. The van der Waals surface area contributed by atoms with Crippen LogP contribution in [0.1, 0.15) is 46.0 Å². The summed E-state index contributed by atoms with van der Waals surface area (Å²) >= 11 is 4.55. The highest BCUT2D eigenvalue weighted by Crippen LogP contribution is 2.27. The summed E-state index contributed by atoms with van der Waals surface area (Å²) in [5.41, 5.74) is 0. The van der Waals surface area contributed by atoms with Crippen molar-refractivity contribution in [3.05, 3.63) is 0 Å². The summed E-state index contributed by atoms with van der Waals surface area (Å²) in [6, 6.07) is 0.722. The van der Waals surface area contributed by atoms with Crippen molar-refractivity contribution in [2.24, 2.45) is 9.12 Å². The maximum Gasteiger partial charge on any atom is 0.122 e. The molecule has 0 radical (unpaired) electrons. The van der Waals surface area contributed by atoms with Gasteiger partial charge >= 0.3 is 0 Å². The van der Waals surface area contributed by atoms with E-state index in [1.165, 1.54) is 37.9 Å². The zero-order valence-electron chi connectivity index (χ0n) is 8.84. The van der Waals surface area contributed by atoms with E-state index < -0.39 is 0 Å². The molecule has 0 N–H and O–H groups in total. The van der Waals surface area contributed by atoms with Gasteiger partial charge in [-0.05, 0) is 12.8 Å². The minimum absolute atomic E-state index is 0.533. The lowest BCUT2D eigenvalue weighted by atomic mass is 9.95. The largest absolute Gasteiger partial charge is 0.299 e. The highest BCUT2D eigenvalue weighted by molar-refractivity contribution is 14.1. The van der Waals surface area contributed by atoms with Crippen molar-refractivity contribution in [3.8, 4) is 0 Å². The van der Waals surface area contributed by atoms with E-state index in [9.17, 15) is 0 Å². The van der Waals surface area contributed by atoms with Gasteiger partial charge < -0.3 is 0 Å². The Morgan fingerprint density at radius 2 is 1.86 bits per heavy atom. The van der Waals surface area contributed by atoms with E-state index in [2.05, 4.69) is 65.9 Å². The third-order valence-corrected chi connectivity index (χ3v) is 4.49. The van der Waals surface area contributed by atoms with Gasteiger partial charge in [0.2, 0.25) is 0 Å². The Kier molecular flexibility index (Phi) is 6.03. The van der Waals surface area contributed by atoms with Crippen LogP contribution in [-0.4, -0.2) is 15.0 Å². The summed E-state index contributed by atoms with van der Waals surface area (Å²) in [6.07, 6.45) is 6.86. The Hall–Kier alpha value is 0.930. The maximum absolute atomic E-state index is 4.37. The third-order valence-electron chi connectivity index (χ3n) is 2.72. The van der Waals surface area contributed by atoms with Gasteiger partial charge in [-0.2, -0.15) is 0 Å². The molecule has 0 amide bonds. The SMILES string of the molecule is CC(C)/C(=N/I)N(I)C1CCCCC1. The van der Waals surface area contributed by atoms with E-state index in [4.69, 9.17) is 0 Å². The quantitative estimate of drug-likeness (QED) is 0.281. The van der Waals surface area contributed by atoms with Crippen LogP contribution in [0.4, 0.5) is 0 Å². The van der Waals surface area contributed by atoms with Gasteiger partial charge in [0.1, 0.15) is 5.84 Å². The molecule has 0 saturated heterocycles. The molecule has 2 nitrogen and oxygen atoms in total. The second-order valence-electron chi connectivity index (χ2n) is 4.20. The zero-order chi connectivity index (χ0) is 10.6. The lowest BCUT2D eigenvalue weighted by molar-refractivity contribution is 0.352. The van der Waals surface area contributed by atoms with Gasteiger partial charge in [-0.25, -0.2) is 3.21 Å². The number of rotatable bonds is 2. The first-order valence-corrected chi connectivity index (χ1v) is 7.23. The molecule has 1 rings (SSSR count). The predicted molar refractivity (Wildman–Crippen MR) is 79.0 cm³/mol. The fourth-order valence-corrected chi connectivity index (χ4v) is 4.30. The normalized spacial score (nSPS) is 20.2. The van der Waals surface area contributed by atoms with Gasteiger partial charge in [-0.3, -0.25) is 3.11 Å². The van der Waals surface area contributed by atoms with Crippen molar-refractivity contribution in [1.29, 1.82) is 0 Å². The van der Waals surface area contributed by atoms with Crippen LogP contribution in [0.5, 0.6) is 0 Å². The molecule has 0 bridgehead atoms. The first-order chi connectivity index (χ1) is 6.66. The van der Waals surface area contributed by atoms with Crippen molar-refractivity contribution in [3.63, 3.8) is 0 Å². The van der Waals surface area contributed by atoms with Gasteiger partial charge in [0.15, 0.2) is 0 Å². The average molecular weight is 420 g/mol. The van der Waals surface area contributed by atoms with Crippen molar-refractivity contribution in [2.45, 2.75) is 52.0 Å². The Labute approximate surface area is 115 Å². The van der Waals surface area contributed by atoms with E-state index in [1.54, 1.807) is 0 Å². The lowest BCUT2D eigenvalue weighted by Crippen LogP contribution is -2.36. The Balaban J connectivity index is 2.57. The van der Waals surface area contributed by atoms with Crippen LogP contribution in [0.2, 0.25) is 0 Å². The lowest BCUT2D eigenvalue weighted by Gasteiger charge is -2.32. The van der Waals surface area contributed by atoms with Gasteiger partial charge in [0.25, 0.3) is 0 Å². The molecule has 0 spiro atoms. The molecule has 1 fully saturated rings. The van der Waals surface area contributed by atoms with Crippen LogP contribution in [0.15, 0.2) is 3.21 Å². The molecule has 1 aliphatic rings. The number of nitrogens with zero attached hydrogens (tertiary/aromatic N) is 2. The summed E-state index contributed by atoms with van der Waals surface area (Å²) in [5.74, 6) is 1.77. The summed E-state index contributed by atoms with van der Waals surface area (Å²) in [4.78, 5) is 0. The fourth-order valence-electron chi connectivity index (χ4n) is 1.88. The van der Waals surface area contributed by atoms with Crippen LogP contribution in [0.25, 0.3) is 0 Å². The summed E-state index contributed by atoms with van der Waals surface area (Å²) < 4.78 is 6.74. The topological polar surface area (TPSA) is 15.6 Å². The molecule has 0 aromatic rings. The fraction of sp³-hybridized carbons (Fsp3) is 0.900. The van der Waals surface area contributed by atoms with E-state index in [-0.39, 0.29) is 0 Å². The minimum atomic E-state index is 0.533. The first-order valence-electron chi connectivity index (χ1n) is 5.30. The van der Waals surface area contributed by atoms with Gasteiger partial charge in [0, 0.05) is 12.0 Å². The second kappa shape index (κ2) is 6.50. The summed E-state index contributed by atoms with van der Waals surface area (Å²) in [7, 11) is 0.